The largest absolute Gasteiger partial charge is 0.497 e. The Morgan fingerprint density at radius 3 is 2.59 bits per heavy atom. The Balaban J connectivity index is 1.71. The molecule has 0 bridgehead atoms. The lowest BCUT2D eigenvalue weighted by atomic mass is 10.0. The van der Waals surface area contributed by atoms with E-state index in [0.29, 0.717) is 38.1 Å². The summed E-state index contributed by atoms with van der Waals surface area (Å²) in [4.78, 5) is 17.9. The summed E-state index contributed by atoms with van der Waals surface area (Å²) in [5, 5.41) is 3.28. The molecule has 2 rings (SSSR count). The number of aliphatic imine (C=N–C) groups is 1. The standard InChI is InChI=1S/C20H32N4O3/c1-4-27-20(25)24-11-9-17(10-12-24)23-19(21)22-14-15(2)13-16-5-7-18(26-3)8-6-16/h5-8,15,17H,4,9-14H2,1-3H3,(H3,21,22,23). The number of nitrogens with one attached hydrogen (secondary N) is 1. The van der Waals surface area contributed by atoms with Gasteiger partial charge in [0, 0.05) is 25.7 Å². The normalized spacial score (nSPS) is 16.7. The highest BCUT2D eigenvalue weighted by atomic mass is 16.6. The number of guanidine groups is 1. The minimum absolute atomic E-state index is 0.232. The fourth-order valence-corrected chi connectivity index (χ4v) is 3.16. The number of rotatable bonds is 7. The Kier molecular flexibility index (Phi) is 8.23. The third-order valence-electron chi connectivity index (χ3n) is 4.69. The lowest BCUT2D eigenvalue weighted by Crippen LogP contribution is -2.48. The molecule has 0 aliphatic carbocycles. The van der Waals surface area contributed by atoms with Gasteiger partial charge in [0.15, 0.2) is 5.96 Å². The zero-order valence-electron chi connectivity index (χ0n) is 16.6. The van der Waals surface area contributed by atoms with Crippen LogP contribution in [0.1, 0.15) is 32.3 Å². The molecule has 3 N–H and O–H groups in total. The molecular weight excluding hydrogens is 344 g/mol. The van der Waals surface area contributed by atoms with Crippen LogP contribution >= 0.6 is 0 Å². The maximum Gasteiger partial charge on any atom is 0.409 e. The summed E-state index contributed by atoms with van der Waals surface area (Å²) in [6.45, 7) is 6.42. The van der Waals surface area contributed by atoms with Crippen molar-refractivity contribution in [1.29, 1.82) is 0 Å². The highest BCUT2D eigenvalue weighted by Crippen LogP contribution is 2.15. The maximum absolute atomic E-state index is 11.7. The Bertz CT molecular complexity index is 610. The van der Waals surface area contributed by atoms with Gasteiger partial charge >= 0.3 is 6.09 Å². The topological polar surface area (TPSA) is 89.2 Å². The Morgan fingerprint density at radius 2 is 2.00 bits per heavy atom. The lowest BCUT2D eigenvalue weighted by molar-refractivity contribution is 0.0963. The molecule has 150 valence electrons. The third-order valence-corrected chi connectivity index (χ3v) is 4.69. The van der Waals surface area contributed by atoms with Crippen LogP contribution in [0.4, 0.5) is 4.79 Å². The number of likely N-dealkylation sites (tertiary alicyclic amines) is 1. The first kappa shape index (κ1) is 20.9. The number of hydrogen-bond donors (Lipinski definition) is 2. The molecular formula is C20H32N4O3. The summed E-state index contributed by atoms with van der Waals surface area (Å²) >= 11 is 0. The second-order valence-electron chi connectivity index (χ2n) is 6.99. The number of carbonyl (C=O) groups excluding carboxylic acids is 1. The molecule has 1 atom stereocenters. The summed E-state index contributed by atoms with van der Waals surface area (Å²) in [6.07, 6.45) is 2.40. The molecule has 1 unspecified atom stereocenters. The van der Waals surface area contributed by atoms with Crippen LogP contribution in [-0.4, -0.2) is 56.3 Å². The summed E-state index contributed by atoms with van der Waals surface area (Å²) in [5.41, 5.74) is 7.30. The Labute approximate surface area is 161 Å². The molecule has 1 heterocycles. The average Bonchev–Trinajstić information content (AvgIpc) is 2.68. The van der Waals surface area contributed by atoms with Gasteiger partial charge in [-0.3, -0.25) is 4.99 Å². The minimum Gasteiger partial charge on any atom is -0.497 e. The van der Waals surface area contributed by atoms with Crippen LogP contribution in [0, 0.1) is 5.92 Å². The SMILES string of the molecule is CCOC(=O)N1CCC(NC(N)=NCC(C)Cc2ccc(OC)cc2)CC1. The van der Waals surface area contributed by atoms with Crippen molar-refractivity contribution in [2.24, 2.45) is 16.6 Å². The molecule has 0 saturated carbocycles. The van der Waals surface area contributed by atoms with E-state index in [0.717, 1.165) is 25.0 Å². The number of carbonyl (C=O) groups is 1. The van der Waals surface area contributed by atoms with E-state index in [9.17, 15) is 4.79 Å². The van der Waals surface area contributed by atoms with E-state index in [2.05, 4.69) is 29.4 Å². The van der Waals surface area contributed by atoms with Crippen LogP contribution in [0.5, 0.6) is 5.75 Å². The number of ether oxygens (including phenoxy) is 2. The van der Waals surface area contributed by atoms with Crippen molar-refractivity contribution in [2.75, 3.05) is 33.4 Å². The van der Waals surface area contributed by atoms with Crippen molar-refractivity contribution in [3.8, 4) is 5.75 Å². The van der Waals surface area contributed by atoms with Gasteiger partial charge in [-0.05, 0) is 49.8 Å². The zero-order valence-corrected chi connectivity index (χ0v) is 16.6. The van der Waals surface area contributed by atoms with Gasteiger partial charge in [0.25, 0.3) is 0 Å². The Hall–Kier alpha value is -2.44. The molecule has 0 aromatic heterocycles. The summed E-state index contributed by atoms with van der Waals surface area (Å²) in [5.74, 6) is 1.74. The first-order chi connectivity index (χ1) is 13.0. The summed E-state index contributed by atoms with van der Waals surface area (Å²) in [6, 6.07) is 8.36. The van der Waals surface area contributed by atoms with Crippen molar-refractivity contribution >= 4 is 12.1 Å². The van der Waals surface area contributed by atoms with Gasteiger partial charge in [-0.25, -0.2) is 4.79 Å². The quantitative estimate of drug-likeness (QED) is 0.563. The number of methoxy groups -OCH3 is 1. The minimum atomic E-state index is -0.232. The first-order valence-electron chi connectivity index (χ1n) is 9.62. The first-order valence-corrected chi connectivity index (χ1v) is 9.62. The number of nitrogens with zero attached hydrogens (tertiary/aromatic N) is 2. The molecule has 1 saturated heterocycles. The maximum atomic E-state index is 11.7. The fourth-order valence-electron chi connectivity index (χ4n) is 3.16. The van der Waals surface area contributed by atoms with Crippen molar-refractivity contribution in [1.82, 2.24) is 10.2 Å². The highest BCUT2D eigenvalue weighted by Gasteiger charge is 2.23. The van der Waals surface area contributed by atoms with Crippen LogP contribution in [-0.2, 0) is 11.2 Å². The second-order valence-corrected chi connectivity index (χ2v) is 6.99. The lowest BCUT2D eigenvalue weighted by Gasteiger charge is -2.31. The molecule has 0 spiro atoms. The van der Waals surface area contributed by atoms with Gasteiger partial charge in [0.1, 0.15) is 5.75 Å². The monoisotopic (exact) mass is 376 g/mol. The zero-order chi connectivity index (χ0) is 19.6. The van der Waals surface area contributed by atoms with Gasteiger partial charge in [0.05, 0.1) is 13.7 Å². The smallest absolute Gasteiger partial charge is 0.409 e. The van der Waals surface area contributed by atoms with E-state index < -0.39 is 0 Å². The van der Waals surface area contributed by atoms with Crippen molar-refractivity contribution < 1.29 is 14.3 Å². The molecule has 27 heavy (non-hydrogen) atoms. The molecule has 1 aromatic carbocycles. The predicted octanol–water partition coefficient (Wildman–Crippen LogP) is 2.40. The van der Waals surface area contributed by atoms with E-state index in [4.69, 9.17) is 15.2 Å². The van der Waals surface area contributed by atoms with Crippen molar-refractivity contribution in [3.63, 3.8) is 0 Å². The predicted molar refractivity (Wildman–Crippen MR) is 107 cm³/mol. The van der Waals surface area contributed by atoms with Crippen LogP contribution in [0.2, 0.25) is 0 Å². The molecule has 1 fully saturated rings. The molecule has 1 aromatic rings. The molecule has 1 aliphatic rings. The van der Waals surface area contributed by atoms with Crippen molar-refractivity contribution in [3.05, 3.63) is 29.8 Å². The number of amides is 1. The van der Waals surface area contributed by atoms with Gasteiger partial charge in [-0.15, -0.1) is 0 Å². The second kappa shape index (κ2) is 10.6. The number of piperidine rings is 1. The van der Waals surface area contributed by atoms with Gasteiger partial charge < -0.3 is 25.4 Å². The molecule has 7 heteroatoms. The number of benzene rings is 1. The van der Waals surface area contributed by atoms with Gasteiger partial charge in [-0.1, -0.05) is 19.1 Å². The van der Waals surface area contributed by atoms with E-state index in [1.807, 2.05) is 19.1 Å². The van der Waals surface area contributed by atoms with Crippen LogP contribution < -0.4 is 15.8 Å². The van der Waals surface area contributed by atoms with E-state index >= 15 is 0 Å². The molecule has 7 nitrogen and oxygen atoms in total. The summed E-state index contributed by atoms with van der Waals surface area (Å²) in [7, 11) is 1.67. The average molecular weight is 377 g/mol. The Morgan fingerprint density at radius 1 is 1.33 bits per heavy atom. The molecule has 1 aliphatic heterocycles. The van der Waals surface area contributed by atoms with E-state index in [1.54, 1.807) is 12.0 Å². The number of hydrogen-bond acceptors (Lipinski definition) is 4. The van der Waals surface area contributed by atoms with E-state index in [1.165, 1.54) is 5.56 Å². The van der Waals surface area contributed by atoms with Crippen LogP contribution in [0.15, 0.2) is 29.3 Å². The highest BCUT2D eigenvalue weighted by molar-refractivity contribution is 5.78. The van der Waals surface area contributed by atoms with Gasteiger partial charge in [0.2, 0.25) is 0 Å². The number of nitrogens with two attached hydrogens (primary N) is 1. The molecule has 1 amide bonds. The van der Waals surface area contributed by atoms with Crippen molar-refractivity contribution in [2.45, 2.75) is 39.2 Å². The molecule has 0 radical (unpaired) electrons. The fraction of sp³-hybridized carbons (Fsp3) is 0.600. The van der Waals surface area contributed by atoms with Crippen LogP contribution in [0.25, 0.3) is 0 Å². The van der Waals surface area contributed by atoms with Crippen LogP contribution in [0.3, 0.4) is 0 Å². The van der Waals surface area contributed by atoms with E-state index in [-0.39, 0.29) is 12.1 Å². The van der Waals surface area contributed by atoms with Gasteiger partial charge in [-0.2, -0.15) is 0 Å². The summed E-state index contributed by atoms with van der Waals surface area (Å²) < 4.78 is 10.2. The third kappa shape index (κ3) is 7.00.